The molecule has 1 aliphatic heterocycles. The maximum Gasteiger partial charge on any atom is 0.227 e. The van der Waals surface area contributed by atoms with Gasteiger partial charge in [-0.2, -0.15) is 0 Å². The Kier molecular flexibility index (Phi) is 6.63. The van der Waals surface area contributed by atoms with Crippen molar-refractivity contribution in [1.82, 2.24) is 10.2 Å². The van der Waals surface area contributed by atoms with Gasteiger partial charge < -0.3 is 10.2 Å². The number of rotatable bonds is 7. The van der Waals surface area contributed by atoms with Crippen LogP contribution in [-0.4, -0.2) is 48.9 Å². The van der Waals surface area contributed by atoms with Crippen molar-refractivity contribution in [3.63, 3.8) is 0 Å². The second kappa shape index (κ2) is 8.49. The summed E-state index contributed by atoms with van der Waals surface area (Å²) < 4.78 is 0. The average Bonchev–Trinajstić information content (AvgIpc) is 2.93. The van der Waals surface area contributed by atoms with Gasteiger partial charge in [0.15, 0.2) is 0 Å². The highest BCUT2D eigenvalue weighted by atomic mass is 35.5. The van der Waals surface area contributed by atoms with Crippen LogP contribution in [-0.2, 0) is 9.59 Å². The topological polar surface area (TPSA) is 52.7 Å². The van der Waals surface area contributed by atoms with Crippen LogP contribution in [0.25, 0.3) is 0 Å². The lowest BCUT2D eigenvalue weighted by Gasteiger charge is -2.25. The standard InChI is InChI=1S/C18H26ClN3O2/c1-4-21(13(2)3)9-8-20-18(24)14-10-17(23)22(12-14)16-7-5-6-15(19)11-16/h5-7,11,13-14H,4,8-10,12H2,1-3H3,(H,20,24). The first-order chi connectivity index (χ1) is 11.4. The number of carbonyl (C=O) groups is 2. The van der Waals surface area contributed by atoms with Crippen molar-refractivity contribution in [2.45, 2.75) is 33.2 Å². The molecule has 1 heterocycles. The van der Waals surface area contributed by atoms with Gasteiger partial charge in [0.2, 0.25) is 11.8 Å². The number of likely N-dealkylation sites (N-methyl/N-ethyl adjacent to an activating group) is 1. The summed E-state index contributed by atoms with van der Waals surface area (Å²) in [5.74, 6) is -0.381. The van der Waals surface area contributed by atoms with E-state index in [9.17, 15) is 9.59 Å². The average molecular weight is 352 g/mol. The summed E-state index contributed by atoms with van der Waals surface area (Å²) in [5, 5.41) is 3.55. The summed E-state index contributed by atoms with van der Waals surface area (Å²) in [6.45, 7) is 9.18. The van der Waals surface area contributed by atoms with Gasteiger partial charge in [-0.1, -0.05) is 24.6 Å². The van der Waals surface area contributed by atoms with E-state index in [4.69, 9.17) is 11.6 Å². The molecule has 132 valence electrons. The predicted octanol–water partition coefficient (Wildman–Crippen LogP) is 2.54. The first-order valence-electron chi connectivity index (χ1n) is 8.50. The molecular formula is C18H26ClN3O2. The van der Waals surface area contributed by atoms with E-state index in [2.05, 4.69) is 31.0 Å². The second-order valence-corrected chi connectivity index (χ2v) is 6.84. The molecule has 6 heteroatoms. The molecule has 5 nitrogen and oxygen atoms in total. The highest BCUT2D eigenvalue weighted by Gasteiger charge is 2.35. The van der Waals surface area contributed by atoms with E-state index in [1.807, 2.05) is 12.1 Å². The van der Waals surface area contributed by atoms with Crippen LogP contribution in [0.3, 0.4) is 0 Å². The van der Waals surface area contributed by atoms with E-state index < -0.39 is 0 Å². The van der Waals surface area contributed by atoms with Crippen molar-refractivity contribution in [3.8, 4) is 0 Å². The summed E-state index contributed by atoms with van der Waals surface area (Å²) in [6, 6.07) is 7.62. The van der Waals surface area contributed by atoms with Crippen molar-refractivity contribution in [3.05, 3.63) is 29.3 Å². The maximum atomic E-state index is 12.3. The fourth-order valence-corrected chi connectivity index (χ4v) is 3.21. The quantitative estimate of drug-likeness (QED) is 0.821. The van der Waals surface area contributed by atoms with E-state index in [1.54, 1.807) is 17.0 Å². The minimum absolute atomic E-state index is 0.0326. The fraction of sp³-hybridized carbons (Fsp3) is 0.556. The lowest BCUT2D eigenvalue weighted by atomic mass is 10.1. The van der Waals surface area contributed by atoms with E-state index in [0.29, 0.717) is 24.2 Å². The Morgan fingerprint density at radius 2 is 2.21 bits per heavy atom. The number of benzene rings is 1. The van der Waals surface area contributed by atoms with E-state index >= 15 is 0 Å². The molecule has 0 aliphatic carbocycles. The first kappa shape index (κ1) is 18.7. The van der Waals surface area contributed by atoms with Crippen LogP contribution in [0, 0.1) is 5.92 Å². The Morgan fingerprint density at radius 3 is 2.83 bits per heavy atom. The van der Waals surface area contributed by atoms with Gasteiger partial charge in [0.05, 0.1) is 5.92 Å². The van der Waals surface area contributed by atoms with Gasteiger partial charge >= 0.3 is 0 Å². The number of nitrogens with zero attached hydrogens (tertiary/aromatic N) is 2. The molecule has 0 saturated carbocycles. The molecular weight excluding hydrogens is 326 g/mol. The minimum Gasteiger partial charge on any atom is -0.355 e. The number of hydrogen-bond acceptors (Lipinski definition) is 3. The Hall–Kier alpha value is -1.59. The Labute approximate surface area is 149 Å². The Bertz CT molecular complexity index is 591. The van der Waals surface area contributed by atoms with Crippen LogP contribution >= 0.6 is 11.6 Å². The van der Waals surface area contributed by atoms with E-state index in [0.717, 1.165) is 18.8 Å². The number of anilines is 1. The third-order valence-electron chi connectivity index (χ3n) is 4.45. The molecule has 1 aromatic rings. The van der Waals surface area contributed by atoms with Gasteiger partial charge in [0.1, 0.15) is 0 Å². The van der Waals surface area contributed by atoms with Crippen LogP contribution in [0.4, 0.5) is 5.69 Å². The summed E-state index contributed by atoms with van der Waals surface area (Å²) >= 11 is 5.99. The number of nitrogens with one attached hydrogen (secondary N) is 1. The van der Waals surface area contributed by atoms with Crippen molar-refractivity contribution >= 4 is 29.1 Å². The second-order valence-electron chi connectivity index (χ2n) is 6.40. The van der Waals surface area contributed by atoms with Crippen LogP contribution in [0.1, 0.15) is 27.2 Å². The molecule has 2 rings (SSSR count). The molecule has 1 unspecified atom stereocenters. The van der Waals surface area contributed by atoms with Gasteiger partial charge in [-0.3, -0.25) is 14.5 Å². The monoisotopic (exact) mass is 351 g/mol. The largest absolute Gasteiger partial charge is 0.355 e. The SMILES string of the molecule is CCN(CCNC(=O)C1CC(=O)N(c2cccc(Cl)c2)C1)C(C)C. The molecule has 1 saturated heterocycles. The molecule has 1 aliphatic rings. The normalized spacial score (nSPS) is 17.8. The molecule has 0 radical (unpaired) electrons. The molecule has 1 N–H and O–H groups in total. The van der Waals surface area contributed by atoms with Crippen molar-refractivity contribution in [2.24, 2.45) is 5.92 Å². The van der Waals surface area contributed by atoms with Crippen LogP contribution in [0.5, 0.6) is 0 Å². The van der Waals surface area contributed by atoms with Crippen molar-refractivity contribution < 1.29 is 9.59 Å². The Balaban J connectivity index is 1.87. The number of amides is 2. The van der Waals surface area contributed by atoms with Crippen LogP contribution in [0.15, 0.2) is 24.3 Å². The highest BCUT2D eigenvalue weighted by molar-refractivity contribution is 6.30. The Morgan fingerprint density at radius 1 is 1.46 bits per heavy atom. The minimum atomic E-state index is -0.300. The smallest absolute Gasteiger partial charge is 0.227 e. The molecule has 0 spiro atoms. The summed E-state index contributed by atoms with van der Waals surface area (Å²) in [4.78, 5) is 28.5. The van der Waals surface area contributed by atoms with Crippen LogP contribution in [0.2, 0.25) is 5.02 Å². The zero-order valence-electron chi connectivity index (χ0n) is 14.6. The maximum absolute atomic E-state index is 12.3. The third kappa shape index (κ3) is 4.71. The summed E-state index contributed by atoms with van der Waals surface area (Å²) in [6.07, 6.45) is 0.250. The molecule has 1 aromatic carbocycles. The molecule has 0 bridgehead atoms. The van der Waals surface area contributed by atoms with E-state index in [-0.39, 0.29) is 24.2 Å². The third-order valence-corrected chi connectivity index (χ3v) is 4.69. The van der Waals surface area contributed by atoms with Gasteiger partial charge in [0.25, 0.3) is 0 Å². The van der Waals surface area contributed by atoms with E-state index in [1.165, 1.54) is 0 Å². The van der Waals surface area contributed by atoms with Crippen molar-refractivity contribution in [1.29, 1.82) is 0 Å². The van der Waals surface area contributed by atoms with Crippen molar-refractivity contribution in [2.75, 3.05) is 31.1 Å². The zero-order chi connectivity index (χ0) is 17.7. The number of hydrogen-bond donors (Lipinski definition) is 1. The lowest BCUT2D eigenvalue weighted by molar-refractivity contribution is -0.126. The summed E-state index contributed by atoms with van der Waals surface area (Å²) in [5.41, 5.74) is 0.750. The molecule has 1 fully saturated rings. The number of halogens is 1. The molecule has 2 amide bonds. The van der Waals surface area contributed by atoms with Gasteiger partial charge in [0, 0.05) is 42.8 Å². The van der Waals surface area contributed by atoms with Gasteiger partial charge in [-0.05, 0) is 38.6 Å². The highest BCUT2D eigenvalue weighted by Crippen LogP contribution is 2.27. The number of carbonyl (C=O) groups excluding carboxylic acids is 2. The fourth-order valence-electron chi connectivity index (χ4n) is 3.03. The molecule has 24 heavy (non-hydrogen) atoms. The summed E-state index contributed by atoms with van der Waals surface area (Å²) in [7, 11) is 0. The van der Waals surface area contributed by atoms with Gasteiger partial charge in [-0.15, -0.1) is 0 Å². The van der Waals surface area contributed by atoms with Crippen LogP contribution < -0.4 is 10.2 Å². The molecule has 1 atom stereocenters. The lowest BCUT2D eigenvalue weighted by Crippen LogP contribution is -2.40. The first-order valence-corrected chi connectivity index (χ1v) is 8.87. The zero-order valence-corrected chi connectivity index (χ0v) is 15.3. The predicted molar refractivity (Wildman–Crippen MR) is 97.3 cm³/mol. The van der Waals surface area contributed by atoms with Gasteiger partial charge in [-0.25, -0.2) is 0 Å². The molecule has 0 aromatic heterocycles.